The molecule has 0 aliphatic heterocycles. The highest BCUT2D eigenvalue weighted by Crippen LogP contribution is 2.40. The van der Waals surface area contributed by atoms with Crippen LogP contribution in [-0.2, 0) is 0 Å². The molecule has 6 nitrogen and oxygen atoms in total. The predicted octanol–water partition coefficient (Wildman–Crippen LogP) is 4.59. The lowest BCUT2D eigenvalue weighted by molar-refractivity contribution is 0.324. The van der Waals surface area contributed by atoms with Crippen molar-refractivity contribution in [2.24, 2.45) is 0 Å². The average Bonchev–Trinajstić information content (AvgIpc) is 2.68. The predicted molar refractivity (Wildman–Crippen MR) is 103 cm³/mol. The summed E-state index contributed by atoms with van der Waals surface area (Å²) >= 11 is 0. The highest BCUT2D eigenvalue weighted by atomic mass is 16.5. The number of hydrogen-bond acceptors (Lipinski definition) is 6. The molecule has 6 heteroatoms. The molecule has 0 amide bonds. The molecule has 134 valence electrons. The normalized spacial score (nSPS) is 10.1. The first-order chi connectivity index (χ1) is 12.7. The monoisotopic (exact) mass is 351 g/mol. The van der Waals surface area contributed by atoms with Crippen LogP contribution in [0.2, 0.25) is 0 Å². The molecule has 0 atom stereocenters. The van der Waals surface area contributed by atoms with E-state index in [0.717, 1.165) is 17.1 Å². The van der Waals surface area contributed by atoms with E-state index in [1.54, 1.807) is 27.5 Å². The first-order valence-corrected chi connectivity index (χ1v) is 8.08. The molecule has 1 aromatic heterocycles. The Morgan fingerprint density at radius 3 is 2.00 bits per heavy atom. The number of para-hydroxylation sites is 1. The standard InChI is InChI=1S/C20H21N3O3/c1-24-17-11-16(12-18(25-2)20(17)26-3)23-19-13-15(9-10-21-19)22-14-7-5-4-6-8-14/h4-13H,1-3H3,(H2,21,22,23). The second-order valence-electron chi connectivity index (χ2n) is 5.46. The van der Waals surface area contributed by atoms with Gasteiger partial charge in [-0.05, 0) is 18.2 Å². The van der Waals surface area contributed by atoms with Crippen molar-refractivity contribution in [3.8, 4) is 17.2 Å². The van der Waals surface area contributed by atoms with Crippen LogP contribution in [0.15, 0.2) is 60.8 Å². The van der Waals surface area contributed by atoms with Crippen LogP contribution in [-0.4, -0.2) is 26.3 Å². The van der Waals surface area contributed by atoms with E-state index in [0.29, 0.717) is 23.1 Å². The fraction of sp³-hybridized carbons (Fsp3) is 0.150. The van der Waals surface area contributed by atoms with Crippen LogP contribution in [0.3, 0.4) is 0 Å². The molecule has 2 aromatic carbocycles. The van der Waals surface area contributed by atoms with E-state index in [4.69, 9.17) is 14.2 Å². The summed E-state index contributed by atoms with van der Waals surface area (Å²) in [6.07, 6.45) is 1.74. The lowest BCUT2D eigenvalue weighted by atomic mass is 10.2. The highest BCUT2D eigenvalue weighted by Gasteiger charge is 2.13. The van der Waals surface area contributed by atoms with Gasteiger partial charge in [0.2, 0.25) is 5.75 Å². The van der Waals surface area contributed by atoms with Gasteiger partial charge >= 0.3 is 0 Å². The summed E-state index contributed by atoms with van der Waals surface area (Å²) < 4.78 is 16.1. The minimum Gasteiger partial charge on any atom is -0.493 e. The zero-order valence-corrected chi connectivity index (χ0v) is 14.9. The Bertz CT molecular complexity index is 844. The summed E-state index contributed by atoms with van der Waals surface area (Å²) in [4.78, 5) is 4.37. The Hall–Kier alpha value is -3.41. The van der Waals surface area contributed by atoms with Gasteiger partial charge in [0.1, 0.15) is 5.82 Å². The number of rotatable bonds is 7. The molecule has 0 fully saturated rings. The van der Waals surface area contributed by atoms with Gasteiger partial charge in [0.05, 0.1) is 21.3 Å². The smallest absolute Gasteiger partial charge is 0.203 e. The minimum absolute atomic E-state index is 0.549. The maximum atomic E-state index is 5.38. The Labute approximate surface area is 152 Å². The Morgan fingerprint density at radius 2 is 1.38 bits per heavy atom. The lowest BCUT2D eigenvalue weighted by Gasteiger charge is -2.15. The topological polar surface area (TPSA) is 64.6 Å². The zero-order valence-electron chi connectivity index (χ0n) is 14.9. The van der Waals surface area contributed by atoms with E-state index in [9.17, 15) is 0 Å². The Morgan fingerprint density at radius 1 is 0.692 bits per heavy atom. The Kier molecular flexibility index (Phi) is 5.43. The van der Waals surface area contributed by atoms with Gasteiger partial charge in [-0.2, -0.15) is 0 Å². The summed E-state index contributed by atoms with van der Waals surface area (Å²) in [7, 11) is 4.75. The van der Waals surface area contributed by atoms with Crippen molar-refractivity contribution in [2.75, 3.05) is 32.0 Å². The highest BCUT2D eigenvalue weighted by molar-refractivity contribution is 5.69. The van der Waals surface area contributed by atoms with Gasteiger partial charge in [-0.3, -0.25) is 0 Å². The fourth-order valence-corrected chi connectivity index (χ4v) is 2.57. The number of nitrogens with zero attached hydrogens (tertiary/aromatic N) is 1. The molecule has 0 bridgehead atoms. The molecule has 1 heterocycles. The Balaban J connectivity index is 1.84. The SMILES string of the molecule is COc1cc(Nc2cc(Nc3ccccc3)ccn2)cc(OC)c1OC. The number of anilines is 4. The second kappa shape index (κ2) is 8.11. The number of hydrogen-bond donors (Lipinski definition) is 2. The molecule has 0 saturated carbocycles. The largest absolute Gasteiger partial charge is 0.493 e. The van der Waals surface area contributed by atoms with Gasteiger partial charge in [0, 0.05) is 41.5 Å². The molecule has 0 aliphatic carbocycles. The van der Waals surface area contributed by atoms with Crippen LogP contribution in [0.4, 0.5) is 22.9 Å². The van der Waals surface area contributed by atoms with Crippen LogP contribution in [0.1, 0.15) is 0 Å². The van der Waals surface area contributed by atoms with Crippen molar-refractivity contribution in [3.63, 3.8) is 0 Å². The summed E-state index contributed by atoms with van der Waals surface area (Å²) in [5.41, 5.74) is 2.72. The second-order valence-corrected chi connectivity index (χ2v) is 5.46. The number of aromatic nitrogens is 1. The summed E-state index contributed by atoms with van der Waals surface area (Å²) in [5.74, 6) is 2.40. The molecule has 3 rings (SSSR count). The quantitative estimate of drug-likeness (QED) is 0.649. The lowest BCUT2D eigenvalue weighted by Crippen LogP contribution is -1.99. The summed E-state index contributed by atoms with van der Waals surface area (Å²) in [6, 6.07) is 17.5. The van der Waals surface area contributed by atoms with Crippen molar-refractivity contribution >= 4 is 22.9 Å². The van der Waals surface area contributed by atoms with Gasteiger partial charge < -0.3 is 24.8 Å². The average molecular weight is 351 g/mol. The van der Waals surface area contributed by atoms with E-state index >= 15 is 0 Å². The van der Waals surface area contributed by atoms with Gasteiger partial charge in [0.15, 0.2) is 11.5 Å². The van der Waals surface area contributed by atoms with Crippen LogP contribution in [0.25, 0.3) is 0 Å². The molecular formula is C20H21N3O3. The third-order valence-corrected chi connectivity index (χ3v) is 3.76. The maximum Gasteiger partial charge on any atom is 0.203 e. The molecular weight excluding hydrogens is 330 g/mol. The van der Waals surface area contributed by atoms with E-state index < -0.39 is 0 Å². The van der Waals surface area contributed by atoms with Gasteiger partial charge in [-0.1, -0.05) is 18.2 Å². The molecule has 0 radical (unpaired) electrons. The van der Waals surface area contributed by atoms with Gasteiger partial charge in [-0.15, -0.1) is 0 Å². The molecule has 0 saturated heterocycles. The third kappa shape index (κ3) is 3.97. The fourth-order valence-electron chi connectivity index (χ4n) is 2.57. The van der Waals surface area contributed by atoms with E-state index in [1.165, 1.54) is 0 Å². The molecule has 0 aliphatic rings. The first-order valence-electron chi connectivity index (χ1n) is 8.08. The van der Waals surface area contributed by atoms with Crippen molar-refractivity contribution in [3.05, 3.63) is 60.8 Å². The number of pyridine rings is 1. The van der Waals surface area contributed by atoms with Crippen LogP contribution in [0, 0.1) is 0 Å². The summed E-state index contributed by atoms with van der Waals surface area (Å²) in [5, 5.41) is 6.61. The molecule has 26 heavy (non-hydrogen) atoms. The van der Waals surface area contributed by atoms with Crippen molar-refractivity contribution < 1.29 is 14.2 Å². The van der Waals surface area contributed by atoms with Crippen molar-refractivity contribution in [1.82, 2.24) is 4.98 Å². The van der Waals surface area contributed by atoms with E-state index in [1.807, 2.05) is 54.6 Å². The van der Waals surface area contributed by atoms with Crippen LogP contribution >= 0.6 is 0 Å². The zero-order chi connectivity index (χ0) is 18.4. The maximum absolute atomic E-state index is 5.38. The molecule has 0 spiro atoms. The van der Waals surface area contributed by atoms with E-state index in [-0.39, 0.29) is 0 Å². The molecule has 3 aromatic rings. The van der Waals surface area contributed by atoms with Gasteiger partial charge in [-0.25, -0.2) is 4.98 Å². The minimum atomic E-state index is 0.549. The number of benzene rings is 2. The van der Waals surface area contributed by atoms with Crippen molar-refractivity contribution in [2.45, 2.75) is 0 Å². The van der Waals surface area contributed by atoms with Crippen molar-refractivity contribution in [1.29, 1.82) is 0 Å². The molecule has 0 unspecified atom stereocenters. The number of nitrogens with one attached hydrogen (secondary N) is 2. The summed E-state index contributed by atoms with van der Waals surface area (Å²) in [6.45, 7) is 0. The third-order valence-electron chi connectivity index (χ3n) is 3.76. The number of ether oxygens (including phenoxy) is 3. The van der Waals surface area contributed by atoms with E-state index in [2.05, 4.69) is 15.6 Å². The van der Waals surface area contributed by atoms with Crippen LogP contribution < -0.4 is 24.8 Å². The number of methoxy groups -OCH3 is 3. The molecule has 2 N–H and O–H groups in total. The van der Waals surface area contributed by atoms with Crippen LogP contribution in [0.5, 0.6) is 17.2 Å². The van der Waals surface area contributed by atoms with Gasteiger partial charge in [0.25, 0.3) is 0 Å². The first kappa shape index (κ1) is 17.4.